The Morgan fingerprint density at radius 1 is 1.09 bits per heavy atom. The number of hydrogen-bond acceptors (Lipinski definition) is 5. The lowest BCUT2D eigenvalue weighted by atomic mass is 10.2. The molecule has 1 aliphatic rings. The molecule has 0 radical (unpaired) electrons. The first-order valence-electron chi connectivity index (χ1n) is 10.6. The van der Waals surface area contributed by atoms with Gasteiger partial charge in [-0.2, -0.15) is 18.3 Å². The van der Waals surface area contributed by atoms with Crippen molar-refractivity contribution in [2.75, 3.05) is 6.54 Å². The number of likely N-dealkylation sites (tertiary alicyclic amines) is 1. The van der Waals surface area contributed by atoms with E-state index in [-0.39, 0.29) is 11.4 Å². The molecule has 4 heterocycles. The molecule has 34 heavy (non-hydrogen) atoms. The monoisotopic (exact) mass is 468 g/mol. The SMILES string of the molecule is Cc1cc(=O)c(C(=O)N2CCCC2c2nnc3ccccn23)nn1-c1cccc(C(F)(F)F)c1. The van der Waals surface area contributed by atoms with Gasteiger partial charge in [0.25, 0.3) is 5.91 Å². The number of amides is 1. The van der Waals surface area contributed by atoms with Crippen LogP contribution < -0.4 is 5.43 Å². The van der Waals surface area contributed by atoms with E-state index in [9.17, 15) is 22.8 Å². The number of carbonyl (C=O) groups is 1. The average molecular weight is 468 g/mol. The second kappa shape index (κ2) is 8.08. The van der Waals surface area contributed by atoms with E-state index < -0.39 is 29.1 Å². The molecule has 1 fully saturated rings. The highest BCUT2D eigenvalue weighted by Gasteiger charge is 2.36. The van der Waals surface area contributed by atoms with E-state index in [2.05, 4.69) is 15.3 Å². The van der Waals surface area contributed by atoms with Crippen LogP contribution >= 0.6 is 0 Å². The molecule has 4 aromatic rings. The Kier molecular flexibility index (Phi) is 5.18. The zero-order chi connectivity index (χ0) is 24.0. The normalized spacial score (nSPS) is 16.4. The first-order valence-corrected chi connectivity index (χ1v) is 10.6. The minimum Gasteiger partial charge on any atom is -0.327 e. The molecule has 1 unspecified atom stereocenters. The molecule has 0 aliphatic carbocycles. The van der Waals surface area contributed by atoms with Crippen LogP contribution in [0.4, 0.5) is 13.2 Å². The van der Waals surface area contributed by atoms with Crippen LogP contribution in [0, 0.1) is 6.92 Å². The summed E-state index contributed by atoms with van der Waals surface area (Å²) in [5.74, 6) is -0.0207. The molecule has 174 valence electrons. The minimum atomic E-state index is -4.54. The van der Waals surface area contributed by atoms with Gasteiger partial charge in [0.05, 0.1) is 17.3 Å². The van der Waals surface area contributed by atoms with Crippen LogP contribution in [-0.4, -0.2) is 41.7 Å². The van der Waals surface area contributed by atoms with E-state index in [1.54, 1.807) is 23.6 Å². The van der Waals surface area contributed by atoms with Crippen molar-refractivity contribution in [1.29, 1.82) is 0 Å². The molecular formula is C23H19F3N6O2. The zero-order valence-electron chi connectivity index (χ0n) is 18.0. The van der Waals surface area contributed by atoms with Crippen molar-refractivity contribution in [3.8, 4) is 5.69 Å². The van der Waals surface area contributed by atoms with Gasteiger partial charge in [-0.15, -0.1) is 10.2 Å². The molecule has 0 N–H and O–H groups in total. The van der Waals surface area contributed by atoms with Crippen LogP contribution in [0.15, 0.2) is 59.5 Å². The molecule has 0 bridgehead atoms. The predicted octanol–water partition coefficient (Wildman–Crippen LogP) is 3.58. The largest absolute Gasteiger partial charge is 0.416 e. The van der Waals surface area contributed by atoms with Gasteiger partial charge in [0.2, 0.25) is 5.43 Å². The van der Waals surface area contributed by atoms with Crippen LogP contribution in [0.25, 0.3) is 11.3 Å². The molecule has 1 amide bonds. The quantitative estimate of drug-likeness (QED) is 0.459. The molecule has 0 spiro atoms. The summed E-state index contributed by atoms with van der Waals surface area (Å²) >= 11 is 0. The number of aryl methyl sites for hydroxylation is 1. The molecule has 1 saturated heterocycles. The summed E-state index contributed by atoms with van der Waals surface area (Å²) in [7, 11) is 0. The first-order chi connectivity index (χ1) is 16.2. The standard InChI is InChI=1S/C23H19F3N6O2/c1-14-12-18(33)20(29-32(14)16-7-4-6-15(13-16)23(24,25)26)22(34)30-11-5-8-17(30)21-28-27-19-9-2-3-10-31(19)21/h2-4,6-7,9-10,12-13,17H,5,8,11H2,1H3. The number of aromatic nitrogens is 5. The molecule has 1 atom stereocenters. The topological polar surface area (TPSA) is 85.4 Å². The number of nitrogens with zero attached hydrogens (tertiary/aromatic N) is 6. The first kappa shape index (κ1) is 21.8. The summed E-state index contributed by atoms with van der Waals surface area (Å²) < 4.78 is 42.6. The van der Waals surface area contributed by atoms with Crippen LogP contribution in [-0.2, 0) is 6.18 Å². The van der Waals surface area contributed by atoms with Crippen molar-refractivity contribution in [2.45, 2.75) is 32.0 Å². The van der Waals surface area contributed by atoms with Gasteiger partial charge in [-0.3, -0.25) is 14.0 Å². The fourth-order valence-electron chi connectivity index (χ4n) is 4.27. The van der Waals surface area contributed by atoms with Gasteiger partial charge < -0.3 is 4.90 Å². The molecule has 0 saturated carbocycles. The van der Waals surface area contributed by atoms with E-state index >= 15 is 0 Å². The third kappa shape index (κ3) is 3.72. The molecular weight excluding hydrogens is 449 g/mol. The molecule has 1 aliphatic heterocycles. The van der Waals surface area contributed by atoms with E-state index in [0.29, 0.717) is 36.6 Å². The van der Waals surface area contributed by atoms with Crippen LogP contribution in [0.1, 0.15) is 46.5 Å². The third-order valence-electron chi connectivity index (χ3n) is 5.88. The Hall–Kier alpha value is -4.02. The lowest BCUT2D eigenvalue weighted by Gasteiger charge is -2.23. The van der Waals surface area contributed by atoms with Crippen molar-refractivity contribution in [3.63, 3.8) is 0 Å². The number of benzene rings is 1. The minimum absolute atomic E-state index is 0.0998. The maximum absolute atomic E-state index is 13.4. The van der Waals surface area contributed by atoms with Gasteiger partial charge in [-0.05, 0) is 50.1 Å². The Balaban J connectivity index is 1.54. The fourth-order valence-corrected chi connectivity index (χ4v) is 4.27. The molecule has 11 heteroatoms. The lowest BCUT2D eigenvalue weighted by molar-refractivity contribution is -0.137. The third-order valence-corrected chi connectivity index (χ3v) is 5.88. The second-order valence-corrected chi connectivity index (χ2v) is 8.10. The zero-order valence-corrected chi connectivity index (χ0v) is 18.0. The maximum Gasteiger partial charge on any atom is 0.416 e. The van der Waals surface area contributed by atoms with E-state index in [1.807, 2.05) is 12.1 Å². The predicted molar refractivity (Wildman–Crippen MR) is 116 cm³/mol. The van der Waals surface area contributed by atoms with Crippen molar-refractivity contribution >= 4 is 11.6 Å². The van der Waals surface area contributed by atoms with Crippen LogP contribution in [0.3, 0.4) is 0 Å². The number of halogens is 3. The summed E-state index contributed by atoms with van der Waals surface area (Å²) in [4.78, 5) is 27.7. The Morgan fingerprint density at radius 2 is 1.91 bits per heavy atom. The number of hydrogen-bond donors (Lipinski definition) is 0. The number of fused-ring (bicyclic) bond motifs is 1. The highest BCUT2D eigenvalue weighted by Crippen LogP contribution is 2.32. The number of carbonyl (C=O) groups excluding carboxylic acids is 1. The van der Waals surface area contributed by atoms with Gasteiger partial charge in [-0.25, -0.2) is 4.68 Å². The van der Waals surface area contributed by atoms with Gasteiger partial charge in [0, 0.05) is 24.5 Å². The molecule has 3 aromatic heterocycles. The summed E-state index contributed by atoms with van der Waals surface area (Å²) in [6.07, 6.45) is -1.40. The number of alkyl halides is 3. The van der Waals surface area contributed by atoms with Gasteiger partial charge in [-0.1, -0.05) is 12.1 Å². The summed E-state index contributed by atoms with van der Waals surface area (Å²) in [6.45, 7) is 1.94. The van der Waals surface area contributed by atoms with Crippen molar-refractivity contribution in [3.05, 3.63) is 87.7 Å². The Morgan fingerprint density at radius 3 is 2.71 bits per heavy atom. The Labute approximate surface area is 191 Å². The van der Waals surface area contributed by atoms with E-state index in [4.69, 9.17) is 0 Å². The van der Waals surface area contributed by atoms with Gasteiger partial charge >= 0.3 is 6.18 Å². The van der Waals surface area contributed by atoms with Crippen molar-refractivity contribution in [1.82, 2.24) is 29.3 Å². The fraction of sp³-hybridized carbons (Fsp3) is 0.261. The summed E-state index contributed by atoms with van der Waals surface area (Å²) in [6, 6.07) is 10.8. The lowest BCUT2D eigenvalue weighted by Crippen LogP contribution is -2.36. The van der Waals surface area contributed by atoms with Gasteiger partial charge in [0.1, 0.15) is 0 Å². The van der Waals surface area contributed by atoms with Crippen molar-refractivity contribution in [2.24, 2.45) is 0 Å². The maximum atomic E-state index is 13.4. The number of pyridine rings is 1. The smallest absolute Gasteiger partial charge is 0.327 e. The van der Waals surface area contributed by atoms with Crippen LogP contribution in [0.5, 0.6) is 0 Å². The average Bonchev–Trinajstić information content (AvgIpc) is 3.45. The number of rotatable bonds is 3. The molecule has 8 nitrogen and oxygen atoms in total. The molecule has 1 aromatic carbocycles. The molecule has 5 rings (SSSR count). The van der Waals surface area contributed by atoms with Crippen LogP contribution in [0.2, 0.25) is 0 Å². The summed E-state index contributed by atoms with van der Waals surface area (Å²) in [5, 5.41) is 12.6. The van der Waals surface area contributed by atoms with E-state index in [0.717, 1.165) is 12.1 Å². The highest BCUT2D eigenvalue weighted by molar-refractivity contribution is 5.92. The van der Waals surface area contributed by atoms with Crippen molar-refractivity contribution < 1.29 is 18.0 Å². The highest BCUT2D eigenvalue weighted by atomic mass is 19.4. The van der Waals surface area contributed by atoms with Gasteiger partial charge in [0.15, 0.2) is 17.2 Å². The summed E-state index contributed by atoms with van der Waals surface area (Å²) in [5.41, 5.74) is -0.760. The Bertz CT molecular complexity index is 1460. The van der Waals surface area contributed by atoms with E-state index in [1.165, 1.54) is 27.8 Å². The second-order valence-electron chi connectivity index (χ2n) is 8.10.